The average molecular weight is 411 g/mol. The molecule has 0 spiro atoms. The van der Waals surface area contributed by atoms with Crippen LogP contribution in [0.2, 0.25) is 0 Å². The van der Waals surface area contributed by atoms with E-state index in [1.54, 1.807) is 0 Å². The van der Waals surface area contributed by atoms with E-state index in [1.165, 1.54) is 116 Å². The molecule has 0 bridgehead atoms. The quantitative estimate of drug-likeness (QED) is 0.180. The van der Waals surface area contributed by atoms with Crippen molar-refractivity contribution in [2.75, 3.05) is 0 Å². The van der Waals surface area contributed by atoms with Crippen LogP contribution in [0, 0.1) is 17.8 Å². The summed E-state index contributed by atoms with van der Waals surface area (Å²) in [6.07, 6.45) is 26.1. The highest BCUT2D eigenvalue weighted by Gasteiger charge is 2.16. The van der Waals surface area contributed by atoms with Gasteiger partial charge in [0.2, 0.25) is 0 Å². The summed E-state index contributed by atoms with van der Waals surface area (Å²) in [5, 5.41) is 9.02. The van der Waals surface area contributed by atoms with Gasteiger partial charge in [-0.2, -0.15) is 0 Å². The van der Waals surface area contributed by atoms with E-state index < -0.39 is 5.97 Å². The minimum absolute atomic E-state index is 0.201. The zero-order valence-electron chi connectivity index (χ0n) is 20.5. The van der Waals surface area contributed by atoms with Gasteiger partial charge in [0.15, 0.2) is 0 Å². The third-order valence-electron chi connectivity index (χ3n) is 6.53. The van der Waals surface area contributed by atoms with E-state index in [9.17, 15) is 4.79 Å². The fraction of sp³-hybridized carbons (Fsp3) is 0.963. The predicted molar refractivity (Wildman–Crippen MR) is 129 cm³/mol. The predicted octanol–water partition coefficient (Wildman–Crippen LogP) is 9.41. The van der Waals surface area contributed by atoms with Crippen molar-refractivity contribution in [2.24, 2.45) is 17.8 Å². The van der Waals surface area contributed by atoms with Crippen LogP contribution in [0.5, 0.6) is 0 Å². The summed E-state index contributed by atoms with van der Waals surface area (Å²) in [4.78, 5) is 11.0. The van der Waals surface area contributed by atoms with E-state index in [0.717, 1.165) is 12.3 Å². The molecular weight excluding hydrogens is 356 g/mol. The molecule has 0 amide bonds. The smallest absolute Gasteiger partial charge is 0.306 e. The Hall–Kier alpha value is -0.530. The third-order valence-corrected chi connectivity index (χ3v) is 6.53. The van der Waals surface area contributed by atoms with Crippen molar-refractivity contribution >= 4 is 5.97 Å². The van der Waals surface area contributed by atoms with Gasteiger partial charge in [-0.1, -0.05) is 137 Å². The second kappa shape index (κ2) is 20.7. The third kappa shape index (κ3) is 20.5. The lowest BCUT2D eigenvalue weighted by Crippen LogP contribution is -2.14. The van der Waals surface area contributed by atoms with Gasteiger partial charge in [-0.25, -0.2) is 0 Å². The molecule has 0 aliphatic heterocycles. The molecular formula is C27H54O2. The standard InChI is InChI=1S/C27H54O2/c1-5-6-7-8-9-10-11-12-13-14-15-16-17-18-19-20-21-24(2)22-25(3)23-26(4)27(28)29/h24-26H,5-23H2,1-4H3,(H,28,29)/t24-,25-,26-/m1/s1. The van der Waals surface area contributed by atoms with Crippen LogP contribution in [-0.4, -0.2) is 11.1 Å². The minimum Gasteiger partial charge on any atom is -0.481 e. The molecule has 0 fully saturated rings. The van der Waals surface area contributed by atoms with Crippen LogP contribution >= 0.6 is 0 Å². The maximum absolute atomic E-state index is 11.0. The second-order valence-corrected chi connectivity index (χ2v) is 10.0. The summed E-state index contributed by atoms with van der Waals surface area (Å²) < 4.78 is 0. The summed E-state index contributed by atoms with van der Waals surface area (Å²) in [5.74, 6) is 0.407. The Bertz CT molecular complexity index is 352. The molecule has 0 heterocycles. The fourth-order valence-corrected chi connectivity index (χ4v) is 4.65. The molecule has 29 heavy (non-hydrogen) atoms. The Balaban J connectivity index is 3.29. The maximum atomic E-state index is 11.0. The highest BCUT2D eigenvalue weighted by molar-refractivity contribution is 5.69. The average Bonchev–Trinajstić information content (AvgIpc) is 2.67. The van der Waals surface area contributed by atoms with Gasteiger partial charge in [-0.3, -0.25) is 4.79 Å². The number of carboxylic acid groups (broad SMARTS) is 1. The first kappa shape index (κ1) is 28.5. The topological polar surface area (TPSA) is 37.3 Å². The molecule has 3 atom stereocenters. The number of aliphatic carboxylic acids is 1. The molecule has 0 aliphatic rings. The molecule has 1 N–H and O–H groups in total. The van der Waals surface area contributed by atoms with E-state index in [-0.39, 0.29) is 5.92 Å². The summed E-state index contributed by atoms with van der Waals surface area (Å²) in [6.45, 7) is 8.67. The van der Waals surface area contributed by atoms with Crippen molar-refractivity contribution in [3.63, 3.8) is 0 Å². The first-order valence-corrected chi connectivity index (χ1v) is 13.2. The molecule has 0 rings (SSSR count). The number of hydrogen-bond acceptors (Lipinski definition) is 1. The molecule has 0 aromatic heterocycles. The van der Waals surface area contributed by atoms with Gasteiger partial charge in [0, 0.05) is 0 Å². The zero-order chi connectivity index (χ0) is 21.7. The van der Waals surface area contributed by atoms with Crippen molar-refractivity contribution < 1.29 is 9.90 Å². The van der Waals surface area contributed by atoms with E-state index in [4.69, 9.17) is 5.11 Å². The Labute approximate surface area is 183 Å². The van der Waals surface area contributed by atoms with Crippen LogP contribution in [-0.2, 0) is 4.79 Å². The van der Waals surface area contributed by atoms with Crippen molar-refractivity contribution in [1.29, 1.82) is 0 Å². The molecule has 0 unspecified atom stereocenters. The molecule has 0 aromatic rings. The summed E-state index contributed by atoms with van der Waals surface area (Å²) >= 11 is 0. The lowest BCUT2D eigenvalue weighted by atomic mass is 9.87. The Morgan fingerprint density at radius 1 is 0.586 bits per heavy atom. The first-order chi connectivity index (χ1) is 14.0. The van der Waals surface area contributed by atoms with Gasteiger partial charge in [-0.15, -0.1) is 0 Å². The fourth-order valence-electron chi connectivity index (χ4n) is 4.65. The van der Waals surface area contributed by atoms with Gasteiger partial charge in [0.1, 0.15) is 0 Å². The molecule has 0 saturated heterocycles. The lowest BCUT2D eigenvalue weighted by molar-refractivity contribution is -0.141. The Morgan fingerprint density at radius 2 is 0.966 bits per heavy atom. The van der Waals surface area contributed by atoms with Gasteiger partial charge in [-0.05, 0) is 24.7 Å². The first-order valence-electron chi connectivity index (χ1n) is 13.2. The van der Waals surface area contributed by atoms with E-state index in [2.05, 4.69) is 20.8 Å². The van der Waals surface area contributed by atoms with Gasteiger partial charge < -0.3 is 5.11 Å². The van der Waals surface area contributed by atoms with Crippen molar-refractivity contribution in [2.45, 2.75) is 150 Å². The molecule has 0 saturated carbocycles. The van der Waals surface area contributed by atoms with Crippen molar-refractivity contribution in [3.8, 4) is 0 Å². The van der Waals surface area contributed by atoms with Crippen LogP contribution in [0.1, 0.15) is 150 Å². The van der Waals surface area contributed by atoms with Crippen LogP contribution in [0.25, 0.3) is 0 Å². The highest BCUT2D eigenvalue weighted by Crippen LogP contribution is 2.23. The largest absolute Gasteiger partial charge is 0.481 e. The van der Waals surface area contributed by atoms with Crippen LogP contribution in [0.15, 0.2) is 0 Å². The van der Waals surface area contributed by atoms with Crippen LogP contribution in [0.3, 0.4) is 0 Å². The SMILES string of the molecule is CCCCCCCCCCCCCCCCCC[C@@H](C)C[C@@H](C)C[C@@H](C)C(=O)O. The number of carboxylic acids is 1. The molecule has 2 heteroatoms. The zero-order valence-corrected chi connectivity index (χ0v) is 20.5. The molecule has 0 aromatic carbocycles. The molecule has 0 aliphatic carbocycles. The van der Waals surface area contributed by atoms with Crippen molar-refractivity contribution in [1.82, 2.24) is 0 Å². The summed E-state index contributed by atoms with van der Waals surface area (Å²) in [5.41, 5.74) is 0. The van der Waals surface area contributed by atoms with Gasteiger partial charge in [0.05, 0.1) is 5.92 Å². The Morgan fingerprint density at radius 3 is 1.34 bits per heavy atom. The van der Waals surface area contributed by atoms with E-state index >= 15 is 0 Å². The van der Waals surface area contributed by atoms with Crippen molar-refractivity contribution in [3.05, 3.63) is 0 Å². The van der Waals surface area contributed by atoms with Crippen LogP contribution < -0.4 is 0 Å². The maximum Gasteiger partial charge on any atom is 0.306 e. The van der Waals surface area contributed by atoms with E-state index in [0.29, 0.717) is 5.92 Å². The lowest BCUT2D eigenvalue weighted by Gasteiger charge is -2.19. The molecule has 0 radical (unpaired) electrons. The number of rotatable bonds is 22. The van der Waals surface area contributed by atoms with Gasteiger partial charge in [0.25, 0.3) is 0 Å². The molecule has 174 valence electrons. The Kier molecular flexibility index (Phi) is 20.4. The second-order valence-electron chi connectivity index (χ2n) is 10.0. The number of hydrogen-bond donors (Lipinski definition) is 1. The normalized spacial score (nSPS) is 14.6. The monoisotopic (exact) mass is 410 g/mol. The number of unbranched alkanes of at least 4 members (excludes halogenated alkanes) is 15. The highest BCUT2D eigenvalue weighted by atomic mass is 16.4. The minimum atomic E-state index is -0.651. The molecule has 2 nitrogen and oxygen atoms in total. The van der Waals surface area contributed by atoms with Crippen LogP contribution in [0.4, 0.5) is 0 Å². The summed E-state index contributed by atoms with van der Waals surface area (Å²) in [6, 6.07) is 0. The van der Waals surface area contributed by atoms with Gasteiger partial charge >= 0.3 is 5.97 Å². The van der Waals surface area contributed by atoms with E-state index in [1.807, 2.05) is 6.92 Å². The summed E-state index contributed by atoms with van der Waals surface area (Å²) in [7, 11) is 0. The number of carbonyl (C=O) groups is 1.